The maximum Gasteiger partial charge on any atom is 0.306 e. The number of hydrogen-bond donors (Lipinski definition) is 2. The van der Waals surface area contributed by atoms with Crippen LogP contribution in [-0.2, 0) is 19.1 Å². The van der Waals surface area contributed by atoms with Crippen LogP contribution in [0.25, 0.3) is 0 Å². The van der Waals surface area contributed by atoms with Crippen molar-refractivity contribution in [2.24, 2.45) is 28.6 Å². The van der Waals surface area contributed by atoms with E-state index in [-0.39, 0.29) is 34.9 Å². The molecule has 230 valence electrons. The summed E-state index contributed by atoms with van der Waals surface area (Å²) in [7, 11) is 0. The second-order valence-electron chi connectivity index (χ2n) is 14.0. The summed E-state index contributed by atoms with van der Waals surface area (Å²) in [6.45, 7) is 5.90. The van der Waals surface area contributed by atoms with E-state index in [0.717, 1.165) is 37.7 Å². The maximum atomic E-state index is 13.4. The van der Waals surface area contributed by atoms with Crippen molar-refractivity contribution < 1.29 is 29.3 Å². The van der Waals surface area contributed by atoms with Crippen LogP contribution in [0.4, 0.5) is 0 Å². The minimum atomic E-state index is -1.62. The van der Waals surface area contributed by atoms with E-state index in [1.807, 2.05) is 13.0 Å². The van der Waals surface area contributed by atoms with Crippen LogP contribution in [0.3, 0.4) is 0 Å². The lowest BCUT2D eigenvalue weighted by Gasteiger charge is -2.59. The van der Waals surface area contributed by atoms with E-state index < -0.39 is 29.5 Å². The van der Waals surface area contributed by atoms with Gasteiger partial charge in [0.2, 0.25) is 5.78 Å². The number of aliphatic hydroxyl groups is 2. The van der Waals surface area contributed by atoms with Crippen molar-refractivity contribution in [1.29, 1.82) is 0 Å². The quantitative estimate of drug-likeness (QED) is 0.166. The van der Waals surface area contributed by atoms with Crippen LogP contribution < -0.4 is 0 Å². The number of unbranched alkanes of at least 4 members (excludes halogenated alkanes) is 10. The largest absolute Gasteiger partial charge is 0.458 e. The molecule has 2 N–H and O–H groups in total. The molecule has 6 heteroatoms. The highest BCUT2D eigenvalue weighted by atomic mass is 16.5. The summed E-state index contributed by atoms with van der Waals surface area (Å²) in [5, 5.41) is 23.3. The Morgan fingerprint density at radius 3 is 2.27 bits per heavy atom. The third-order valence-corrected chi connectivity index (χ3v) is 11.5. The van der Waals surface area contributed by atoms with E-state index >= 15 is 0 Å². The Morgan fingerprint density at radius 1 is 0.976 bits per heavy atom. The second kappa shape index (κ2) is 13.7. The van der Waals surface area contributed by atoms with Crippen molar-refractivity contribution in [1.82, 2.24) is 0 Å². The number of esters is 1. The zero-order chi connectivity index (χ0) is 29.7. The Hall–Kier alpha value is -1.79. The molecule has 41 heavy (non-hydrogen) atoms. The Morgan fingerprint density at radius 2 is 1.61 bits per heavy atom. The van der Waals surface area contributed by atoms with Crippen LogP contribution in [0.1, 0.15) is 130 Å². The lowest BCUT2D eigenvalue weighted by molar-refractivity contribution is -0.181. The number of Topliss-reactive ketones (excluding diaryl/α,β-unsaturated/α-hetero) is 1. The normalized spacial score (nSPS) is 35.8. The monoisotopic (exact) mass is 570 g/mol. The van der Waals surface area contributed by atoms with E-state index in [9.17, 15) is 24.6 Å². The standard InChI is InChI=1S/C35H54O6/c1-4-5-6-7-8-9-10-11-12-13-14-15-31(39)41-24-30(38)35(40)21-19-28-27-17-16-25-22-26(36)18-20-33(25,2)32(27)29(37)23-34(28,35)3/h18,20,22,27-29,32,37,40H,4-17,19,21,23-24H2,1-3H3/t27-,28-,29?,32+,33-,34-,35-/m0/s1. The van der Waals surface area contributed by atoms with Crippen LogP contribution in [0.5, 0.6) is 0 Å². The van der Waals surface area contributed by atoms with Gasteiger partial charge >= 0.3 is 5.97 Å². The minimum absolute atomic E-state index is 0.00458. The molecule has 0 aromatic rings. The minimum Gasteiger partial charge on any atom is -0.458 e. The molecule has 0 heterocycles. The number of allylic oxidation sites excluding steroid dienone is 4. The number of rotatable bonds is 15. The molecule has 0 radical (unpaired) electrons. The summed E-state index contributed by atoms with van der Waals surface area (Å²) < 4.78 is 5.37. The first-order valence-corrected chi connectivity index (χ1v) is 16.6. The lowest BCUT2D eigenvalue weighted by Crippen LogP contribution is -2.61. The van der Waals surface area contributed by atoms with Crippen molar-refractivity contribution in [3.63, 3.8) is 0 Å². The van der Waals surface area contributed by atoms with Crippen molar-refractivity contribution in [3.05, 3.63) is 23.8 Å². The molecule has 1 unspecified atom stereocenters. The van der Waals surface area contributed by atoms with E-state index in [0.29, 0.717) is 25.7 Å². The molecule has 3 fully saturated rings. The van der Waals surface area contributed by atoms with Gasteiger partial charge in [-0.3, -0.25) is 14.4 Å². The molecule has 0 amide bonds. The number of ketones is 2. The molecule has 4 rings (SSSR count). The fourth-order valence-electron chi connectivity index (χ4n) is 9.06. The fourth-order valence-corrected chi connectivity index (χ4v) is 9.06. The third kappa shape index (κ3) is 6.59. The maximum absolute atomic E-state index is 13.4. The van der Waals surface area contributed by atoms with Gasteiger partial charge in [-0.05, 0) is 62.5 Å². The van der Waals surface area contributed by atoms with Crippen LogP contribution in [0, 0.1) is 28.6 Å². The van der Waals surface area contributed by atoms with E-state index in [2.05, 4.69) is 13.8 Å². The van der Waals surface area contributed by atoms with E-state index in [1.54, 1.807) is 12.2 Å². The topological polar surface area (TPSA) is 101 Å². The van der Waals surface area contributed by atoms with E-state index in [1.165, 1.54) is 51.4 Å². The van der Waals surface area contributed by atoms with Crippen molar-refractivity contribution in [2.75, 3.05) is 6.61 Å². The van der Waals surface area contributed by atoms with Gasteiger partial charge in [0.25, 0.3) is 0 Å². The highest BCUT2D eigenvalue weighted by molar-refractivity contribution is 6.01. The number of carbonyl (C=O) groups excluding carboxylic acids is 3. The SMILES string of the molecule is CCCCCCCCCCCCCC(=O)OCC(=O)[C@@]1(O)CC[C@H]2[C@@H]3CCC4=CC(=O)C=C[C@]4(C)[C@H]3C(O)C[C@@]21C. The molecule has 0 bridgehead atoms. The van der Waals surface area contributed by atoms with Gasteiger partial charge in [0.1, 0.15) is 5.60 Å². The van der Waals surface area contributed by atoms with Gasteiger partial charge in [-0.1, -0.05) is 96.6 Å². The van der Waals surface area contributed by atoms with Crippen LogP contribution in [0.15, 0.2) is 23.8 Å². The molecule has 0 aromatic carbocycles. The number of aliphatic hydroxyl groups excluding tert-OH is 1. The molecule has 4 aliphatic carbocycles. The number of carbonyl (C=O) groups is 3. The summed E-state index contributed by atoms with van der Waals surface area (Å²) in [6, 6.07) is 0. The predicted octanol–water partition coefficient (Wildman–Crippen LogP) is 6.81. The van der Waals surface area contributed by atoms with Gasteiger partial charge in [-0.25, -0.2) is 0 Å². The van der Waals surface area contributed by atoms with Crippen molar-refractivity contribution in [3.8, 4) is 0 Å². The Labute approximate surface area is 247 Å². The molecule has 0 saturated heterocycles. The first-order valence-electron chi connectivity index (χ1n) is 16.6. The van der Waals surface area contributed by atoms with Gasteiger partial charge in [0, 0.05) is 23.2 Å². The molecule has 6 nitrogen and oxygen atoms in total. The predicted molar refractivity (Wildman–Crippen MR) is 160 cm³/mol. The van der Waals surface area contributed by atoms with Crippen LogP contribution in [0.2, 0.25) is 0 Å². The van der Waals surface area contributed by atoms with Gasteiger partial charge in [0.15, 0.2) is 12.4 Å². The first-order chi connectivity index (χ1) is 19.6. The number of fused-ring (bicyclic) bond motifs is 5. The zero-order valence-electron chi connectivity index (χ0n) is 25.8. The molecule has 4 aliphatic rings. The Balaban J connectivity index is 1.23. The molecule has 0 spiro atoms. The van der Waals surface area contributed by atoms with Crippen molar-refractivity contribution >= 4 is 17.5 Å². The summed E-state index contributed by atoms with van der Waals surface area (Å²) in [5.74, 6) is -0.628. The highest BCUT2D eigenvalue weighted by Crippen LogP contribution is 2.67. The molecule has 7 atom stereocenters. The van der Waals surface area contributed by atoms with Crippen LogP contribution >= 0.6 is 0 Å². The average Bonchev–Trinajstić information content (AvgIpc) is 3.21. The molecule has 0 aromatic heterocycles. The number of ether oxygens (including phenoxy) is 1. The fraction of sp³-hybridized carbons (Fsp3) is 0.800. The van der Waals surface area contributed by atoms with Gasteiger partial charge in [-0.15, -0.1) is 0 Å². The average molecular weight is 571 g/mol. The van der Waals surface area contributed by atoms with Gasteiger partial charge < -0.3 is 14.9 Å². The third-order valence-electron chi connectivity index (χ3n) is 11.5. The van der Waals surface area contributed by atoms with Crippen molar-refractivity contribution in [2.45, 2.75) is 142 Å². The first kappa shape index (κ1) is 32.1. The second-order valence-corrected chi connectivity index (χ2v) is 14.0. The molecule has 0 aliphatic heterocycles. The summed E-state index contributed by atoms with van der Waals surface area (Å²) >= 11 is 0. The summed E-state index contributed by atoms with van der Waals surface area (Å²) in [5.41, 5.74) is -1.69. The Kier molecular flexibility index (Phi) is 10.7. The van der Waals surface area contributed by atoms with Gasteiger partial charge in [0.05, 0.1) is 6.10 Å². The Bertz CT molecular complexity index is 1010. The molecule has 3 saturated carbocycles. The zero-order valence-corrected chi connectivity index (χ0v) is 25.8. The highest BCUT2D eigenvalue weighted by Gasteiger charge is 2.68. The summed E-state index contributed by atoms with van der Waals surface area (Å²) in [4.78, 5) is 37.8. The van der Waals surface area contributed by atoms with Gasteiger partial charge in [-0.2, -0.15) is 0 Å². The van der Waals surface area contributed by atoms with E-state index in [4.69, 9.17) is 4.74 Å². The molecular weight excluding hydrogens is 516 g/mol. The lowest BCUT2D eigenvalue weighted by atomic mass is 9.46. The summed E-state index contributed by atoms with van der Waals surface area (Å²) in [6.07, 6.45) is 21.1. The smallest absolute Gasteiger partial charge is 0.306 e. The van der Waals surface area contributed by atoms with Crippen LogP contribution in [-0.4, -0.2) is 46.1 Å². The number of hydrogen-bond acceptors (Lipinski definition) is 6. The molecular formula is C35H54O6.